The van der Waals surface area contributed by atoms with E-state index in [4.69, 9.17) is 0 Å². The fourth-order valence-corrected chi connectivity index (χ4v) is 4.36. The van der Waals surface area contributed by atoms with Crippen LogP contribution in [0.3, 0.4) is 0 Å². The van der Waals surface area contributed by atoms with Crippen molar-refractivity contribution in [3.63, 3.8) is 0 Å². The van der Waals surface area contributed by atoms with Gasteiger partial charge in [0.2, 0.25) is 5.91 Å². The summed E-state index contributed by atoms with van der Waals surface area (Å²) in [5.74, 6) is 2.18. The summed E-state index contributed by atoms with van der Waals surface area (Å²) in [5.41, 5.74) is -0.343. The minimum atomic E-state index is -0.343. The molecule has 0 radical (unpaired) electrons. The number of rotatable bonds is 5. The van der Waals surface area contributed by atoms with Crippen molar-refractivity contribution in [1.29, 1.82) is 0 Å². The monoisotopic (exact) mass is 286 g/mol. The Kier molecular flexibility index (Phi) is 5.54. The molecule has 2 N–H and O–H groups in total. The van der Waals surface area contributed by atoms with E-state index in [1.165, 1.54) is 12.8 Å². The predicted molar refractivity (Wildman–Crippen MR) is 79.4 cm³/mol. The number of amides is 1. The number of hydrogen-bond donors (Lipinski definition) is 2. The second-order valence-electron chi connectivity index (χ2n) is 5.91. The van der Waals surface area contributed by atoms with Gasteiger partial charge in [0.15, 0.2) is 0 Å². The lowest BCUT2D eigenvalue weighted by molar-refractivity contribution is -0.124. The van der Waals surface area contributed by atoms with Gasteiger partial charge < -0.3 is 15.3 Å². The summed E-state index contributed by atoms with van der Waals surface area (Å²) in [5, 5.41) is 12.7. The number of nitrogens with zero attached hydrogens (tertiary/aromatic N) is 1. The van der Waals surface area contributed by atoms with Gasteiger partial charge >= 0.3 is 0 Å². The highest BCUT2D eigenvalue weighted by atomic mass is 32.2. The number of carbonyl (C=O) groups excluding carboxylic acids is 1. The molecule has 2 aliphatic heterocycles. The van der Waals surface area contributed by atoms with Gasteiger partial charge in [0.25, 0.3) is 0 Å². The van der Waals surface area contributed by atoms with Gasteiger partial charge in [-0.1, -0.05) is 0 Å². The summed E-state index contributed by atoms with van der Waals surface area (Å²) in [6, 6.07) is 0.567. The summed E-state index contributed by atoms with van der Waals surface area (Å²) < 4.78 is 0. The number of thioether (sulfide) groups is 1. The van der Waals surface area contributed by atoms with Crippen LogP contribution in [0.5, 0.6) is 0 Å². The second-order valence-corrected chi connectivity index (χ2v) is 7.14. The van der Waals surface area contributed by atoms with Gasteiger partial charge in [0.1, 0.15) is 0 Å². The Bertz CT molecular complexity index is 306. The fourth-order valence-electron chi connectivity index (χ4n) is 3.08. The van der Waals surface area contributed by atoms with Crippen LogP contribution < -0.4 is 5.32 Å². The Balaban J connectivity index is 1.76. The summed E-state index contributed by atoms with van der Waals surface area (Å²) in [4.78, 5) is 14.4. The highest BCUT2D eigenvalue weighted by Gasteiger charge is 2.33. The largest absolute Gasteiger partial charge is 0.394 e. The quantitative estimate of drug-likeness (QED) is 0.798. The molecule has 1 amide bonds. The standard InChI is InChI=1S/C14H26N2O2S/c1-16-8-2-3-12(16)4-5-13(18)15-14(11-17)6-9-19-10-7-14/h12,17H,2-11H2,1H3,(H,15,18). The van der Waals surface area contributed by atoms with Crippen LogP contribution in [-0.4, -0.2) is 59.2 Å². The van der Waals surface area contributed by atoms with E-state index in [-0.39, 0.29) is 18.1 Å². The number of nitrogens with one attached hydrogen (secondary N) is 1. The predicted octanol–water partition coefficient (Wildman–Crippen LogP) is 1.24. The highest BCUT2D eigenvalue weighted by Crippen LogP contribution is 2.27. The first kappa shape index (κ1) is 15.1. The van der Waals surface area contributed by atoms with E-state index >= 15 is 0 Å². The van der Waals surface area contributed by atoms with Crippen LogP contribution in [0.4, 0.5) is 0 Å². The molecule has 2 heterocycles. The normalized spacial score (nSPS) is 27.4. The van der Waals surface area contributed by atoms with Crippen LogP contribution >= 0.6 is 11.8 Å². The van der Waals surface area contributed by atoms with Crippen molar-refractivity contribution < 1.29 is 9.90 Å². The lowest BCUT2D eigenvalue weighted by Crippen LogP contribution is -2.53. The average Bonchev–Trinajstić information content (AvgIpc) is 2.83. The van der Waals surface area contributed by atoms with E-state index < -0.39 is 0 Å². The molecule has 2 rings (SSSR count). The molecule has 0 aromatic heterocycles. The van der Waals surface area contributed by atoms with E-state index in [2.05, 4.69) is 17.3 Å². The molecule has 0 bridgehead atoms. The van der Waals surface area contributed by atoms with E-state index in [0.717, 1.165) is 37.3 Å². The van der Waals surface area contributed by atoms with Crippen LogP contribution in [0.2, 0.25) is 0 Å². The number of hydrogen-bond acceptors (Lipinski definition) is 4. The molecular weight excluding hydrogens is 260 g/mol. The first-order valence-electron chi connectivity index (χ1n) is 7.35. The minimum absolute atomic E-state index is 0.0721. The van der Waals surface area contributed by atoms with Crippen LogP contribution in [0.1, 0.15) is 38.5 Å². The third-order valence-electron chi connectivity index (χ3n) is 4.53. The molecule has 0 saturated carbocycles. The van der Waals surface area contributed by atoms with E-state index in [9.17, 15) is 9.90 Å². The molecule has 2 aliphatic rings. The van der Waals surface area contributed by atoms with Gasteiger partial charge in [0.05, 0.1) is 12.1 Å². The van der Waals surface area contributed by atoms with Gasteiger partial charge in [-0.05, 0) is 57.2 Å². The Morgan fingerprint density at radius 2 is 2.21 bits per heavy atom. The van der Waals surface area contributed by atoms with Crippen LogP contribution in [0.15, 0.2) is 0 Å². The Hall–Kier alpha value is -0.260. The molecule has 5 heteroatoms. The van der Waals surface area contributed by atoms with E-state index in [0.29, 0.717) is 12.5 Å². The Labute approximate surface area is 120 Å². The van der Waals surface area contributed by atoms with Gasteiger partial charge in [-0.25, -0.2) is 0 Å². The fraction of sp³-hybridized carbons (Fsp3) is 0.929. The third-order valence-corrected chi connectivity index (χ3v) is 5.52. The molecule has 2 fully saturated rings. The smallest absolute Gasteiger partial charge is 0.220 e. The molecule has 110 valence electrons. The van der Waals surface area contributed by atoms with Crippen LogP contribution in [0, 0.1) is 0 Å². The third kappa shape index (κ3) is 4.10. The maximum absolute atomic E-state index is 12.1. The molecule has 4 nitrogen and oxygen atoms in total. The molecule has 0 aromatic rings. The highest BCUT2D eigenvalue weighted by molar-refractivity contribution is 7.99. The summed E-state index contributed by atoms with van der Waals surface area (Å²) in [6.07, 6.45) is 5.78. The molecule has 19 heavy (non-hydrogen) atoms. The lowest BCUT2D eigenvalue weighted by atomic mass is 9.93. The molecule has 2 saturated heterocycles. The van der Waals surface area contributed by atoms with Crippen molar-refractivity contribution in [3.8, 4) is 0 Å². The summed E-state index contributed by atoms with van der Waals surface area (Å²) in [7, 11) is 2.14. The van der Waals surface area contributed by atoms with Gasteiger partial charge in [-0.15, -0.1) is 0 Å². The first-order chi connectivity index (χ1) is 9.15. The van der Waals surface area contributed by atoms with Crippen molar-refractivity contribution in [3.05, 3.63) is 0 Å². The molecule has 1 unspecified atom stereocenters. The Morgan fingerprint density at radius 1 is 1.47 bits per heavy atom. The van der Waals surface area contributed by atoms with Crippen molar-refractivity contribution in [2.75, 3.05) is 31.7 Å². The molecule has 0 spiro atoms. The topological polar surface area (TPSA) is 52.6 Å². The van der Waals surface area contributed by atoms with Gasteiger partial charge in [-0.2, -0.15) is 11.8 Å². The number of aliphatic hydroxyl groups is 1. The lowest BCUT2D eigenvalue weighted by Gasteiger charge is -2.36. The van der Waals surface area contributed by atoms with Crippen molar-refractivity contribution in [1.82, 2.24) is 10.2 Å². The number of carbonyl (C=O) groups is 1. The molecule has 0 aliphatic carbocycles. The first-order valence-corrected chi connectivity index (χ1v) is 8.50. The summed E-state index contributed by atoms with van der Waals surface area (Å²) in [6.45, 7) is 1.23. The second kappa shape index (κ2) is 6.95. The molecule has 1 atom stereocenters. The number of likely N-dealkylation sites (tertiary alicyclic amines) is 1. The summed E-state index contributed by atoms with van der Waals surface area (Å²) >= 11 is 1.90. The van der Waals surface area contributed by atoms with Gasteiger partial charge in [0, 0.05) is 12.5 Å². The maximum Gasteiger partial charge on any atom is 0.220 e. The van der Waals surface area contributed by atoms with Crippen molar-refractivity contribution in [2.24, 2.45) is 0 Å². The molecule has 0 aromatic carbocycles. The van der Waals surface area contributed by atoms with Crippen LogP contribution in [0.25, 0.3) is 0 Å². The minimum Gasteiger partial charge on any atom is -0.394 e. The average molecular weight is 286 g/mol. The number of aliphatic hydroxyl groups excluding tert-OH is 1. The zero-order valence-corrected chi connectivity index (χ0v) is 12.7. The van der Waals surface area contributed by atoms with E-state index in [1.54, 1.807) is 0 Å². The van der Waals surface area contributed by atoms with Crippen molar-refractivity contribution >= 4 is 17.7 Å². The maximum atomic E-state index is 12.1. The SMILES string of the molecule is CN1CCCC1CCC(=O)NC1(CO)CCSCC1. The zero-order valence-electron chi connectivity index (χ0n) is 11.9. The van der Waals surface area contributed by atoms with Crippen molar-refractivity contribution in [2.45, 2.75) is 50.1 Å². The Morgan fingerprint density at radius 3 is 2.79 bits per heavy atom. The zero-order chi connectivity index (χ0) is 13.7. The van der Waals surface area contributed by atoms with Crippen LogP contribution in [-0.2, 0) is 4.79 Å². The van der Waals surface area contributed by atoms with Gasteiger partial charge in [-0.3, -0.25) is 4.79 Å². The van der Waals surface area contributed by atoms with E-state index in [1.807, 2.05) is 11.8 Å². The molecular formula is C14H26N2O2S.